The molecule has 1 heterocycles. The molecule has 0 fully saturated rings. The van der Waals surface area contributed by atoms with Gasteiger partial charge in [-0.25, -0.2) is 0 Å². The molecule has 0 aromatic heterocycles. The van der Waals surface area contributed by atoms with Gasteiger partial charge in [-0.05, 0) is 13.0 Å². The predicted octanol–water partition coefficient (Wildman–Crippen LogP) is -0.465. The summed E-state index contributed by atoms with van der Waals surface area (Å²) in [4.78, 5) is 4.22. The van der Waals surface area contributed by atoms with Crippen molar-refractivity contribution in [3.63, 3.8) is 0 Å². The van der Waals surface area contributed by atoms with Crippen molar-refractivity contribution in [2.24, 2.45) is 4.99 Å². The SMILES string of the molecule is CCCNCCNC1=NCCN1. The number of aliphatic imine (C=N–C) groups is 1. The standard InChI is InChI=1S/C8H18N4/c1-2-3-9-4-5-10-8-11-6-7-12-8/h9H,2-7H2,1H3,(H2,10,11,12). The molecule has 0 saturated carbocycles. The molecule has 1 aliphatic rings. The Kier molecular flexibility index (Phi) is 4.52. The van der Waals surface area contributed by atoms with E-state index in [9.17, 15) is 0 Å². The highest BCUT2D eigenvalue weighted by atomic mass is 15.2. The zero-order chi connectivity index (χ0) is 8.65. The molecule has 4 heteroatoms. The van der Waals surface area contributed by atoms with E-state index in [4.69, 9.17) is 0 Å². The van der Waals surface area contributed by atoms with Crippen LogP contribution in [0, 0.1) is 0 Å². The molecule has 0 radical (unpaired) electrons. The van der Waals surface area contributed by atoms with Gasteiger partial charge in [0.1, 0.15) is 0 Å². The second-order valence-electron chi connectivity index (χ2n) is 2.83. The first-order valence-electron chi connectivity index (χ1n) is 4.66. The van der Waals surface area contributed by atoms with Crippen molar-refractivity contribution in [1.29, 1.82) is 0 Å². The van der Waals surface area contributed by atoms with E-state index in [0.717, 1.165) is 38.7 Å². The van der Waals surface area contributed by atoms with Crippen LogP contribution in [0.2, 0.25) is 0 Å². The summed E-state index contributed by atoms with van der Waals surface area (Å²) < 4.78 is 0. The zero-order valence-electron chi connectivity index (χ0n) is 7.69. The van der Waals surface area contributed by atoms with Crippen LogP contribution in [0.4, 0.5) is 0 Å². The van der Waals surface area contributed by atoms with Crippen LogP contribution in [0.5, 0.6) is 0 Å². The molecule has 0 aliphatic carbocycles. The highest BCUT2D eigenvalue weighted by Crippen LogP contribution is 1.79. The average Bonchev–Trinajstić information content (AvgIpc) is 2.57. The van der Waals surface area contributed by atoms with Gasteiger partial charge in [0, 0.05) is 19.6 Å². The Hall–Kier alpha value is -0.770. The Morgan fingerprint density at radius 3 is 3.00 bits per heavy atom. The fourth-order valence-electron chi connectivity index (χ4n) is 1.09. The minimum Gasteiger partial charge on any atom is -0.355 e. The van der Waals surface area contributed by atoms with Crippen LogP contribution in [-0.2, 0) is 0 Å². The summed E-state index contributed by atoms with van der Waals surface area (Å²) in [5, 5.41) is 9.69. The Morgan fingerprint density at radius 1 is 1.42 bits per heavy atom. The van der Waals surface area contributed by atoms with Crippen LogP contribution in [0.25, 0.3) is 0 Å². The lowest BCUT2D eigenvalue weighted by atomic mass is 10.5. The van der Waals surface area contributed by atoms with Crippen LogP contribution >= 0.6 is 0 Å². The molecule has 1 aliphatic heterocycles. The van der Waals surface area contributed by atoms with Gasteiger partial charge in [-0.15, -0.1) is 0 Å². The monoisotopic (exact) mass is 170 g/mol. The molecule has 0 saturated heterocycles. The smallest absolute Gasteiger partial charge is 0.191 e. The van der Waals surface area contributed by atoms with Crippen LogP contribution in [0.1, 0.15) is 13.3 Å². The Labute approximate surface area is 73.8 Å². The van der Waals surface area contributed by atoms with Gasteiger partial charge in [0.05, 0.1) is 6.54 Å². The molecule has 0 spiro atoms. The topological polar surface area (TPSA) is 48.5 Å². The molecule has 0 amide bonds. The van der Waals surface area contributed by atoms with E-state index in [1.165, 1.54) is 6.42 Å². The summed E-state index contributed by atoms with van der Waals surface area (Å²) in [7, 11) is 0. The molecule has 0 atom stereocenters. The van der Waals surface area contributed by atoms with Gasteiger partial charge in [-0.2, -0.15) is 0 Å². The van der Waals surface area contributed by atoms with E-state index >= 15 is 0 Å². The Bertz CT molecular complexity index is 144. The molecule has 0 bridgehead atoms. The molecule has 12 heavy (non-hydrogen) atoms. The molecule has 70 valence electrons. The van der Waals surface area contributed by atoms with Gasteiger partial charge in [0.15, 0.2) is 5.96 Å². The normalized spacial score (nSPS) is 15.6. The fourth-order valence-corrected chi connectivity index (χ4v) is 1.09. The van der Waals surface area contributed by atoms with Gasteiger partial charge in [-0.1, -0.05) is 6.92 Å². The summed E-state index contributed by atoms with van der Waals surface area (Å²) in [6, 6.07) is 0. The third-order valence-corrected chi connectivity index (χ3v) is 1.70. The van der Waals surface area contributed by atoms with E-state index in [0.29, 0.717) is 0 Å². The van der Waals surface area contributed by atoms with Crippen molar-refractivity contribution in [2.75, 3.05) is 32.7 Å². The molecule has 1 rings (SSSR count). The zero-order valence-corrected chi connectivity index (χ0v) is 7.69. The number of hydrogen-bond acceptors (Lipinski definition) is 4. The van der Waals surface area contributed by atoms with Crippen LogP contribution in [-0.4, -0.2) is 38.7 Å². The maximum atomic E-state index is 4.22. The van der Waals surface area contributed by atoms with Gasteiger partial charge >= 0.3 is 0 Å². The summed E-state index contributed by atoms with van der Waals surface area (Å²) in [6.45, 7) is 7.11. The van der Waals surface area contributed by atoms with Crippen molar-refractivity contribution in [3.05, 3.63) is 0 Å². The maximum Gasteiger partial charge on any atom is 0.191 e. The number of hydrogen-bond donors (Lipinski definition) is 3. The largest absolute Gasteiger partial charge is 0.355 e. The minimum absolute atomic E-state index is 0.907. The van der Waals surface area contributed by atoms with E-state index in [-0.39, 0.29) is 0 Å². The molecular weight excluding hydrogens is 152 g/mol. The second kappa shape index (κ2) is 5.83. The van der Waals surface area contributed by atoms with Crippen molar-refractivity contribution < 1.29 is 0 Å². The number of nitrogens with one attached hydrogen (secondary N) is 3. The molecule has 4 nitrogen and oxygen atoms in total. The van der Waals surface area contributed by atoms with Gasteiger partial charge in [0.25, 0.3) is 0 Å². The van der Waals surface area contributed by atoms with Crippen molar-refractivity contribution >= 4 is 5.96 Å². The van der Waals surface area contributed by atoms with Gasteiger partial charge in [0.2, 0.25) is 0 Å². The van der Waals surface area contributed by atoms with E-state index in [1.54, 1.807) is 0 Å². The average molecular weight is 170 g/mol. The van der Waals surface area contributed by atoms with Crippen LogP contribution < -0.4 is 16.0 Å². The minimum atomic E-state index is 0.907. The lowest BCUT2D eigenvalue weighted by Crippen LogP contribution is -2.38. The Balaban J connectivity index is 1.88. The molecule has 0 aromatic carbocycles. The fraction of sp³-hybridized carbons (Fsp3) is 0.875. The second-order valence-corrected chi connectivity index (χ2v) is 2.83. The van der Waals surface area contributed by atoms with Crippen molar-refractivity contribution in [3.8, 4) is 0 Å². The van der Waals surface area contributed by atoms with Crippen LogP contribution in [0.3, 0.4) is 0 Å². The lowest BCUT2D eigenvalue weighted by molar-refractivity contribution is 0.656. The van der Waals surface area contributed by atoms with Crippen molar-refractivity contribution in [1.82, 2.24) is 16.0 Å². The molecule has 3 N–H and O–H groups in total. The maximum absolute atomic E-state index is 4.22. The number of rotatable bonds is 5. The van der Waals surface area contributed by atoms with E-state index in [1.807, 2.05) is 0 Å². The highest BCUT2D eigenvalue weighted by Gasteiger charge is 2.01. The third-order valence-electron chi connectivity index (χ3n) is 1.70. The molecule has 0 unspecified atom stereocenters. The van der Waals surface area contributed by atoms with E-state index < -0.39 is 0 Å². The van der Waals surface area contributed by atoms with Gasteiger partial charge < -0.3 is 16.0 Å². The van der Waals surface area contributed by atoms with Gasteiger partial charge in [-0.3, -0.25) is 4.99 Å². The first-order chi connectivity index (χ1) is 5.93. The summed E-state index contributed by atoms with van der Waals surface area (Å²) in [5.41, 5.74) is 0. The predicted molar refractivity (Wildman–Crippen MR) is 51.5 cm³/mol. The third kappa shape index (κ3) is 3.57. The first kappa shape index (κ1) is 9.32. The Morgan fingerprint density at radius 2 is 2.33 bits per heavy atom. The quantitative estimate of drug-likeness (QED) is 0.489. The number of nitrogens with zero attached hydrogens (tertiary/aromatic N) is 1. The van der Waals surface area contributed by atoms with Crippen molar-refractivity contribution in [2.45, 2.75) is 13.3 Å². The number of guanidine groups is 1. The summed E-state index contributed by atoms with van der Waals surface area (Å²) in [5.74, 6) is 0.952. The first-order valence-corrected chi connectivity index (χ1v) is 4.66. The molecule has 0 aromatic rings. The highest BCUT2D eigenvalue weighted by molar-refractivity contribution is 5.81. The van der Waals surface area contributed by atoms with E-state index in [2.05, 4.69) is 27.9 Å². The summed E-state index contributed by atoms with van der Waals surface area (Å²) >= 11 is 0. The summed E-state index contributed by atoms with van der Waals surface area (Å²) in [6.07, 6.45) is 1.19. The lowest BCUT2D eigenvalue weighted by Gasteiger charge is -2.06. The molecular formula is C8H18N4. The van der Waals surface area contributed by atoms with Crippen LogP contribution in [0.15, 0.2) is 4.99 Å².